The van der Waals surface area contributed by atoms with E-state index in [-0.39, 0.29) is 24.8 Å². The van der Waals surface area contributed by atoms with Gasteiger partial charge in [-0.15, -0.1) is 11.3 Å². The molecule has 0 radical (unpaired) electrons. The van der Waals surface area contributed by atoms with E-state index in [0.29, 0.717) is 5.69 Å². The van der Waals surface area contributed by atoms with Gasteiger partial charge in [0.15, 0.2) is 4.96 Å². The number of thiazole rings is 1. The molecule has 4 amide bonds. The third kappa shape index (κ3) is 3.36. The first kappa shape index (κ1) is 18.2. The summed E-state index contributed by atoms with van der Waals surface area (Å²) in [6.07, 6.45) is 3.95. The van der Waals surface area contributed by atoms with E-state index in [2.05, 4.69) is 15.6 Å². The molecule has 1 aromatic carbocycles. The summed E-state index contributed by atoms with van der Waals surface area (Å²) in [5.41, 5.74) is 1.54. The van der Waals surface area contributed by atoms with Gasteiger partial charge in [0.1, 0.15) is 5.54 Å². The second-order valence-electron chi connectivity index (χ2n) is 7.11. The normalized spacial score (nSPS) is 15.9. The first-order valence-corrected chi connectivity index (χ1v) is 9.68. The van der Waals surface area contributed by atoms with Gasteiger partial charge in [-0.3, -0.25) is 18.9 Å². The van der Waals surface area contributed by atoms with E-state index in [1.54, 1.807) is 37.3 Å². The van der Waals surface area contributed by atoms with Gasteiger partial charge in [0.2, 0.25) is 5.91 Å². The monoisotopic (exact) mass is 397 g/mol. The molecule has 2 N–H and O–H groups in total. The van der Waals surface area contributed by atoms with E-state index in [1.807, 2.05) is 34.3 Å². The maximum atomic E-state index is 12.2. The number of carbonyl (C=O) groups excluding carboxylic acids is 3. The number of carbonyl (C=O) groups is 3. The predicted octanol–water partition coefficient (Wildman–Crippen LogP) is 2.72. The van der Waals surface area contributed by atoms with Crippen LogP contribution in [0.1, 0.15) is 20.3 Å². The molecule has 1 saturated heterocycles. The molecule has 0 spiro atoms. The molecule has 3 aromatic rings. The molecule has 8 nitrogen and oxygen atoms in total. The topological polar surface area (TPSA) is 95.8 Å². The Morgan fingerprint density at radius 1 is 1.25 bits per heavy atom. The molecule has 0 saturated carbocycles. The molecule has 9 heteroatoms. The Labute approximate surface area is 165 Å². The summed E-state index contributed by atoms with van der Waals surface area (Å²) in [6.45, 7) is 3.32. The van der Waals surface area contributed by atoms with Crippen LogP contribution in [0.2, 0.25) is 0 Å². The van der Waals surface area contributed by atoms with E-state index in [0.717, 1.165) is 21.1 Å². The number of anilines is 1. The van der Waals surface area contributed by atoms with Gasteiger partial charge >= 0.3 is 6.03 Å². The van der Waals surface area contributed by atoms with Crippen LogP contribution in [0.15, 0.2) is 42.0 Å². The number of imide groups is 1. The first-order chi connectivity index (χ1) is 13.3. The van der Waals surface area contributed by atoms with Crippen molar-refractivity contribution in [2.75, 3.05) is 11.9 Å². The zero-order valence-electron chi connectivity index (χ0n) is 15.4. The van der Waals surface area contributed by atoms with Crippen LogP contribution < -0.4 is 10.6 Å². The highest BCUT2D eigenvalue weighted by Gasteiger charge is 2.43. The average molecular weight is 397 g/mol. The summed E-state index contributed by atoms with van der Waals surface area (Å²) in [5.74, 6) is -0.588. The second-order valence-corrected chi connectivity index (χ2v) is 7.98. The van der Waals surface area contributed by atoms with E-state index in [4.69, 9.17) is 0 Å². The highest BCUT2D eigenvalue weighted by Crippen LogP contribution is 2.23. The fourth-order valence-electron chi connectivity index (χ4n) is 3.05. The number of nitrogens with zero attached hydrogens (tertiary/aromatic N) is 3. The highest BCUT2D eigenvalue weighted by molar-refractivity contribution is 7.15. The largest absolute Gasteiger partial charge is 0.326 e. The maximum absolute atomic E-state index is 12.2. The second kappa shape index (κ2) is 6.75. The van der Waals surface area contributed by atoms with Crippen molar-refractivity contribution in [1.82, 2.24) is 19.6 Å². The van der Waals surface area contributed by atoms with E-state index < -0.39 is 11.6 Å². The van der Waals surface area contributed by atoms with Gasteiger partial charge in [0.05, 0.1) is 5.69 Å². The predicted molar refractivity (Wildman–Crippen MR) is 106 cm³/mol. The van der Waals surface area contributed by atoms with Crippen molar-refractivity contribution in [3.05, 3.63) is 42.0 Å². The Balaban J connectivity index is 1.35. The Morgan fingerprint density at radius 3 is 2.64 bits per heavy atom. The van der Waals surface area contributed by atoms with E-state index >= 15 is 0 Å². The number of hydrogen-bond donors (Lipinski definition) is 2. The molecular formula is C19H19N5O3S. The lowest BCUT2D eigenvalue weighted by atomic mass is 10.1. The summed E-state index contributed by atoms with van der Waals surface area (Å²) in [7, 11) is 0. The van der Waals surface area contributed by atoms with Crippen LogP contribution >= 0.6 is 11.3 Å². The molecule has 1 fully saturated rings. The van der Waals surface area contributed by atoms with Crippen LogP contribution in [0.3, 0.4) is 0 Å². The fraction of sp³-hybridized carbons (Fsp3) is 0.263. The minimum atomic E-state index is -0.926. The van der Waals surface area contributed by atoms with Crippen LogP contribution in [-0.2, 0) is 9.59 Å². The van der Waals surface area contributed by atoms with Gasteiger partial charge in [-0.25, -0.2) is 9.78 Å². The van der Waals surface area contributed by atoms with Gasteiger partial charge in [0.25, 0.3) is 5.91 Å². The quantitative estimate of drug-likeness (QED) is 0.647. The molecule has 2 aromatic heterocycles. The van der Waals surface area contributed by atoms with Crippen molar-refractivity contribution in [2.24, 2.45) is 0 Å². The van der Waals surface area contributed by atoms with Crippen molar-refractivity contribution < 1.29 is 14.4 Å². The Kier molecular flexibility index (Phi) is 4.38. The highest BCUT2D eigenvalue weighted by atomic mass is 32.1. The number of fused-ring (bicyclic) bond motifs is 1. The molecule has 0 aliphatic carbocycles. The summed E-state index contributed by atoms with van der Waals surface area (Å²) < 4.78 is 1.97. The molecule has 0 atom stereocenters. The van der Waals surface area contributed by atoms with E-state index in [9.17, 15) is 14.4 Å². The van der Waals surface area contributed by atoms with Crippen LogP contribution in [0.5, 0.6) is 0 Å². The smallest absolute Gasteiger partial charge is 0.325 e. The molecule has 1 aliphatic rings. The number of hydrogen-bond acceptors (Lipinski definition) is 5. The molecular weight excluding hydrogens is 378 g/mol. The van der Waals surface area contributed by atoms with Crippen LogP contribution in [-0.4, -0.2) is 44.2 Å². The van der Waals surface area contributed by atoms with Gasteiger partial charge in [-0.1, -0.05) is 12.1 Å². The Morgan fingerprint density at radius 2 is 2.00 bits per heavy atom. The lowest BCUT2D eigenvalue weighted by Crippen LogP contribution is -2.40. The summed E-state index contributed by atoms with van der Waals surface area (Å²) in [4.78, 5) is 42.7. The van der Waals surface area contributed by atoms with Gasteiger partial charge in [0, 0.05) is 42.0 Å². The molecule has 1 aliphatic heterocycles. The molecule has 4 rings (SSSR count). The molecule has 144 valence electrons. The standard InChI is InChI=1S/C19H19N5O3S/c1-19(2)16(26)24(17(27)22-19)8-7-15(25)20-13-5-3-12(4-6-13)14-11-23-9-10-28-18(23)21-14/h3-6,9-11H,7-8H2,1-2H3,(H,20,25)(H,22,27). The zero-order valence-corrected chi connectivity index (χ0v) is 16.2. The fourth-order valence-corrected chi connectivity index (χ4v) is 3.75. The third-order valence-electron chi connectivity index (χ3n) is 4.56. The van der Waals surface area contributed by atoms with Crippen LogP contribution in [0.4, 0.5) is 10.5 Å². The number of imidazole rings is 1. The molecule has 0 unspecified atom stereocenters. The summed E-state index contributed by atoms with van der Waals surface area (Å²) in [6, 6.07) is 6.92. The van der Waals surface area contributed by atoms with E-state index in [1.165, 1.54) is 0 Å². The number of aromatic nitrogens is 2. The zero-order chi connectivity index (χ0) is 19.9. The number of urea groups is 1. The van der Waals surface area contributed by atoms with Crippen LogP contribution in [0.25, 0.3) is 16.2 Å². The lowest BCUT2D eigenvalue weighted by molar-refractivity contribution is -0.130. The molecule has 28 heavy (non-hydrogen) atoms. The van der Waals surface area contributed by atoms with Gasteiger partial charge in [-0.05, 0) is 26.0 Å². The average Bonchev–Trinajstić information content (AvgIpc) is 3.28. The van der Waals surface area contributed by atoms with Crippen molar-refractivity contribution in [3.8, 4) is 11.3 Å². The van der Waals surface area contributed by atoms with Gasteiger partial charge < -0.3 is 10.6 Å². The number of amides is 4. The number of benzene rings is 1. The van der Waals surface area contributed by atoms with Gasteiger partial charge in [-0.2, -0.15) is 0 Å². The summed E-state index contributed by atoms with van der Waals surface area (Å²) >= 11 is 1.57. The molecule has 0 bridgehead atoms. The van der Waals surface area contributed by atoms with Crippen LogP contribution in [0, 0.1) is 0 Å². The Hall–Kier alpha value is -3.20. The maximum Gasteiger partial charge on any atom is 0.325 e. The minimum absolute atomic E-state index is 0.0360. The number of nitrogens with one attached hydrogen (secondary N) is 2. The SMILES string of the molecule is CC1(C)NC(=O)N(CCC(=O)Nc2ccc(-c3cn4ccsc4n3)cc2)C1=O. The first-order valence-electron chi connectivity index (χ1n) is 8.80. The third-order valence-corrected chi connectivity index (χ3v) is 5.34. The van der Waals surface area contributed by atoms with Crippen molar-refractivity contribution >= 4 is 39.8 Å². The minimum Gasteiger partial charge on any atom is -0.326 e. The summed E-state index contributed by atoms with van der Waals surface area (Å²) in [5, 5.41) is 7.36. The lowest BCUT2D eigenvalue weighted by Gasteiger charge is -2.15. The van der Waals surface area contributed by atoms with Crippen molar-refractivity contribution in [1.29, 1.82) is 0 Å². The Bertz CT molecular complexity index is 1040. The van der Waals surface area contributed by atoms with Crippen molar-refractivity contribution in [2.45, 2.75) is 25.8 Å². The number of rotatable bonds is 5. The molecule has 3 heterocycles. The van der Waals surface area contributed by atoms with Crippen molar-refractivity contribution in [3.63, 3.8) is 0 Å².